The summed E-state index contributed by atoms with van der Waals surface area (Å²) in [6.45, 7) is 4.44. The first-order chi connectivity index (χ1) is 24.2. The predicted molar refractivity (Wildman–Crippen MR) is 189 cm³/mol. The van der Waals surface area contributed by atoms with Crippen LogP contribution in [0, 0.1) is 0 Å². The van der Waals surface area contributed by atoms with Crippen LogP contribution in [0.15, 0.2) is 102 Å². The predicted octanol–water partition coefficient (Wildman–Crippen LogP) is 5.34. The van der Waals surface area contributed by atoms with Gasteiger partial charge in [0.05, 0.1) is 18.5 Å². The summed E-state index contributed by atoms with van der Waals surface area (Å²) in [5.41, 5.74) is 5.74. The summed E-state index contributed by atoms with van der Waals surface area (Å²) in [5, 5.41) is 19.1. The van der Waals surface area contributed by atoms with Gasteiger partial charge in [-0.2, -0.15) is 5.10 Å². The number of H-pyrrole nitrogens is 1. The molecule has 5 aromatic rings. The van der Waals surface area contributed by atoms with Crippen LogP contribution in [-0.4, -0.2) is 72.6 Å². The fourth-order valence-corrected chi connectivity index (χ4v) is 7.80. The Morgan fingerprint density at radius 3 is 2.48 bits per heavy atom. The van der Waals surface area contributed by atoms with Gasteiger partial charge in [-0.15, -0.1) is 11.8 Å². The minimum Gasteiger partial charge on any atom is -0.479 e. The molecule has 50 heavy (non-hydrogen) atoms. The van der Waals surface area contributed by atoms with E-state index in [4.69, 9.17) is 4.74 Å². The van der Waals surface area contributed by atoms with Crippen LogP contribution >= 0.6 is 11.8 Å². The van der Waals surface area contributed by atoms with Gasteiger partial charge in [0.15, 0.2) is 6.04 Å². The Bertz CT molecular complexity index is 2110. The van der Waals surface area contributed by atoms with E-state index in [-0.39, 0.29) is 36.1 Å². The second-order valence-corrected chi connectivity index (χ2v) is 13.7. The number of carbonyl (C=O) groups is 4. The maximum absolute atomic E-state index is 13.9. The number of carboxylic acid groups (broad SMARTS) is 1. The molecule has 2 aliphatic heterocycles. The lowest BCUT2D eigenvalue weighted by Crippen LogP contribution is -2.74. The molecule has 0 saturated carbocycles. The van der Waals surface area contributed by atoms with Crippen molar-refractivity contribution >= 4 is 46.4 Å². The first kappa shape index (κ1) is 32.9. The molecule has 12 heteroatoms. The number of carboxylic acids is 1. The van der Waals surface area contributed by atoms with Gasteiger partial charge in [0.1, 0.15) is 23.7 Å². The lowest BCUT2D eigenvalue weighted by atomic mass is 9.96. The van der Waals surface area contributed by atoms with Gasteiger partial charge >= 0.3 is 11.9 Å². The Morgan fingerprint density at radius 2 is 1.78 bits per heavy atom. The van der Waals surface area contributed by atoms with Crippen molar-refractivity contribution in [1.82, 2.24) is 25.0 Å². The summed E-state index contributed by atoms with van der Waals surface area (Å²) in [4.78, 5) is 56.8. The van der Waals surface area contributed by atoms with E-state index < -0.39 is 35.3 Å². The summed E-state index contributed by atoms with van der Waals surface area (Å²) >= 11 is 1.22. The van der Waals surface area contributed by atoms with Crippen molar-refractivity contribution in [1.29, 1.82) is 0 Å². The van der Waals surface area contributed by atoms with Crippen molar-refractivity contribution in [2.75, 3.05) is 6.61 Å². The second kappa shape index (κ2) is 13.7. The van der Waals surface area contributed by atoms with Crippen LogP contribution in [0.5, 0.6) is 0 Å². The lowest BCUT2D eigenvalue weighted by molar-refractivity contribution is -0.160. The molecule has 11 nitrogen and oxygen atoms in total. The number of fused-ring (bicyclic) bond motifs is 2. The number of esters is 1. The number of benzene rings is 3. The number of nitrogens with zero attached hydrogens (tertiary/aromatic N) is 3. The number of hydrogen-bond acceptors (Lipinski definition) is 7. The largest absolute Gasteiger partial charge is 0.479 e. The van der Waals surface area contributed by atoms with E-state index >= 15 is 0 Å². The van der Waals surface area contributed by atoms with Gasteiger partial charge in [-0.05, 0) is 39.6 Å². The van der Waals surface area contributed by atoms with Gasteiger partial charge in [0.25, 0.3) is 0 Å². The van der Waals surface area contributed by atoms with E-state index in [1.165, 1.54) is 16.7 Å². The molecular formula is C38H35N5O6S. The Labute approximate surface area is 292 Å². The number of β-lactam (4-membered cyclic amide) rings is 1. The molecule has 1 unspecified atom stereocenters. The first-order valence-electron chi connectivity index (χ1n) is 16.3. The Balaban J connectivity index is 1.11. The Kier molecular flexibility index (Phi) is 9.02. The van der Waals surface area contributed by atoms with E-state index in [1.54, 1.807) is 11.6 Å². The molecule has 0 spiro atoms. The number of aliphatic carboxylic acids is 1. The minimum absolute atomic E-state index is 0.102. The maximum Gasteiger partial charge on any atom is 0.355 e. The van der Waals surface area contributed by atoms with Gasteiger partial charge in [0.2, 0.25) is 11.8 Å². The summed E-state index contributed by atoms with van der Waals surface area (Å²) in [6.07, 6.45) is 3.73. The Morgan fingerprint density at radius 1 is 1.00 bits per heavy atom. The Hall–Kier alpha value is -5.62. The summed E-state index contributed by atoms with van der Waals surface area (Å²) in [6, 6.07) is 22.7. The van der Waals surface area contributed by atoms with E-state index in [9.17, 15) is 24.3 Å². The fraction of sp³-hybridized carbons (Fsp3) is 0.237. The monoisotopic (exact) mass is 689 g/mol. The number of para-hydroxylation sites is 1. The zero-order valence-corrected chi connectivity index (χ0v) is 28.2. The maximum atomic E-state index is 13.9. The number of hydrogen-bond donors (Lipinski definition) is 3. The smallest absolute Gasteiger partial charge is 0.355 e. The molecule has 1 fully saturated rings. The van der Waals surface area contributed by atoms with Crippen molar-refractivity contribution in [3.05, 3.63) is 125 Å². The number of amides is 2. The standard InChI is InChI=1S/C38H35N5O6S/c1-22(2)27-10-6-11-28-30(25-14-12-24(13-15-25)19-42-17-7-16-39-42)32(41-31(27)28)38(48)49-20-26-21-50-36-33(35(45)43(36)34(26)37(46)47)40-29(44)18-23-8-4-3-5-9-23/h3-17,21-22,33-34,36,41H,18-20H2,1-2H3,(H,40,44)(H,46,47)/t33-,34?,36-/m1/s1. The second-order valence-electron chi connectivity index (χ2n) is 12.7. The molecule has 2 aromatic heterocycles. The van der Waals surface area contributed by atoms with Crippen molar-refractivity contribution in [3.8, 4) is 11.1 Å². The highest BCUT2D eigenvalue weighted by atomic mass is 32.2. The zero-order valence-electron chi connectivity index (χ0n) is 27.4. The number of aromatic amines is 1. The average Bonchev–Trinajstić information content (AvgIpc) is 3.78. The number of thioether (sulfide) groups is 1. The highest BCUT2D eigenvalue weighted by Crippen LogP contribution is 2.41. The SMILES string of the molecule is CC(C)c1cccc2c(-c3ccc(Cn4cccn4)cc3)c(C(=O)OCC3=CS[C@@H]4[C@H](NC(=O)Cc5ccccc5)C(=O)N4C3C(=O)O)[nH]c12. The average molecular weight is 690 g/mol. The minimum atomic E-state index is -1.33. The van der Waals surface area contributed by atoms with E-state index in [0.29, 0.717) is 12.1 Å². The summed E-state index contributed by atoms with van der Waals surface area (Å²) in [7, 11) is 0. The fourth-order valence-electron chi connectivity index (χ4n) is 6.59. The van der Waals surface area contributed by atoms with Crippen molar-refractivity contribution in [2.45, 2.75) is 50.2 Å². The molecule has 0 bridgehead atoms. The van der Waals surface area contributed by atoms with E-state index in [0.717, 1.165) is 33.2 Å². The molecule has 3 atom stereocenters. The molecule has 2 amide bonds. The van der Waals surface area contributed by atoms with E-state index in [2.05, 4.69) is 29.2 Å². The van der Waals surface area contributed by atoms with Gasteiger partial charge in [-0.3, -0.25) is 14.3 Å². The number of carbonyl (C=O) groups excluding carboxylic acids is 3. The zero-order chi connectivity index (χ0) is 34.9. The van der Waals surface area contributed by atoms with Gasteiger partial charge in [-0.25, -0.2) is 9.59 Å². The molecule has 0 aliphatic carbocycles. The van der Waals surface area contributed by atoms with Crippen LogP contribution < -0.4 is 5.32 Å². The number of rotatable bonds is 11. The van der Waals surface area contributed by atoms with Gasteiger partial charge in [-0.1, -0.05) is 86.6 Å². The van der Waals surface area contributed by atoms with Crippen molar-refractivity contribution < 1.29 is 29.0 Å². The van der Waals surface area contributed by atoms with Gasteiger partial charge in [0, 0.05) is 28.9 Å². The van der Waals surface area contributed by atoms with Crippen LogP contribution in [0.25, 0.3) is 22.0 Å². The van der Waals surface area contributed by atoms with Crippen LogP contribution in [0.1, 0.15) is 46.9 Å². The molecule has 3 N–H and O–H groups in total. The third-order valence-electron chi connectivity index (χ3n) is 9.03. The van der Waals surface area contributed by atoms with Crippen molar-refractivity contribution in [3.63, 3.8) is 0 Å². The van der Waals surface area contributed by atoms with Crippen LogP contribution in [0.4, 0.5) is 0 Å². The molecule has 2 aliphatic rings. The third kappa shape index (κ3) is 6.29. The van der Waals surface area contributed by atoms with Crippen molar-refractivity contribution in [2.24, 2.45) is 0 Å². The van der Waals surface area contributed by atoms with Crippen LogP contribution in [-0.2, 0) is 32.1 Å². The molecular weight excluding hydrogens is 655 g/mol. The highest BCUT2D eigenvalue weighted by Gasteiger charge is 2.56. The van der Waals surface area contributed by atoms with Crippen LogP contribution in [0.2, 0.25) is 0 Å². The molecule has 4 heterocycles. The van der Waals surface area contributed by atoms with Gasteiger partial charge < -0.3 is 25.0 Å². The normalized spacial score (nSPS) is 18.4. The molecule has 1 saturated heterocycles. The number of nitrogens with one attached hydrogen (secondary N) is 2. The summed E-state index contributed by atoms with van der Waals surface area (Å²) < 4.78 is 7.63. The quantitative estimate of drug-likeness (QED) is 0.125. The number of ether oxygens (including phenoxy) is 1. The summed E-state index contributed by atoms with van der Waals surface area (Å²) in [5.74, 6) is -2.54. The van der Waals surface area contributed by atoms with E-state index in [1.807, 2.05) is 89.7 Å². The lowest BCUT2D eigenvalue weighted by Gasteiger charge is -2.51. The highest BCUT2D eigenvalue weighted by molar-refractivity contribution is 8.03. The number of aromatic nitrogens is 3. The molecule has 7 rings (SSSR count). The van der Waals surface area contributed by atoms with Crippen LogP contribution in [0.3, 0.4) is 0 Å². The molecule has 3 aromatic carbocycles. The first-order valence-corrected chi connectivity index (χ1v) is 17.2. The third-order valence-corrected chi connectivity index (χ3v) is 10.3. The topological polar surface area (TPSA) is 147 Å². The molecule has 0 radical (unpaired) electrons. The molecule has 254 valence electrons.